The number of rotatable bonds is 2. The van der Waals surface area contributed by atoms with Crippen LogP contribution in [-0.2, 0) is 0 Å². The summed E-state index contributed by atoms with van der Waals surface area (Å²) in [6.45, 7) is 9.55. The molecular weight excluding hydrogens is 242 g/mol. The fourth-order valence-corrected chi connectivity index (χ4v) is 2.78. The van der Waals surface area contributed by atoms with Gasteiger partial charge >= 0.3 is 0 Å². The molecule has 5 nitrogen and oxygen atoms in total. The van der Waals surface area contributed by atoms with Gasteiger partial charge in [-0.15, -0.1) is 0 Å². The van der Waals surface area contributed by atoms with Gasteiger partial charge in [0.1, 0.15) is 5.69 Å². The molecule has 0 saturated carbocycles. The number of piperazine rings is 1. The molecule has 2 heterocycles. The van der Waals surface area contributed by atoms with Crippen LogP contribution in [0.15, 0.2) is 0 Å². The number of hydrogen-bond acceptors (Lipinski definition) is 3. The lowest BCUT2D eigenvalue weighted by Crippen LogP contribution is -2.52. The first-order chi connectivity index (χ1) is 8.93. The van der Waals surface area contributed by atoms with Gasteiger partial charge in [-0.25, -0.2) is 0 Å². The van der Waals surface area contributed by atoms with Gasteiger partial charge in [0.25, 0.3) is 5.91 Å². The molecule has 1 aromatic rings. The average Bonchev–Trinajstić information content (AvgIpc) is 2.64. The van der Waals surface area contributed by atoms with Crippen molar-refractivity contribution < 1.29 is 9.59 Å². The van der Waals surface area contributed by atoms with Crippen molar-refractivity contribution in [2.75, 3.05) is 19.6 Å². The van der Waals surface area contributed by atoms with Gasteiger partial charge in [-0.3, -0.25) is 9.59 Å². The lowest BCUT2D eigenvalue weighted by Gasteiger charge is -2.33. The van der Waals surface area contributed by atoms with E-state index in [1.165, 1.54) is 6.92 Å². The molecule has 0 spiro atoms. The second-order valence-electron chi connectivity index (χ2n) is 5.23. The van der Waals surface area contributed by atoms with Crippen LogP contribution in [0, 0.1) is 13.8 Å². The number of aromatic amines is 1. The van der Waals surface area contributed by atoms with Gasteiger partial charge in [0.05, 0.1) is 0 Å². The number of aryl methyl sites for hydroxylation is 1. The minimum Gasteiger partial charge on any atom is -0.354 e. The highest BCUT2D eigenvalue weighted by atomic mass is 16.2. The third-order valence-corrected chi connectivity index (χ3v) is 3.77. The number of carbonyl (C=O) groups excluding carboxylic acids is 2. The quantitative estimate of drug-likeness (QED) is 0.790. The van der Waals surface area contributed by atoms with Crippen LogP contribution in [0.1, 0.15) is 46.0 Å². The maximum Gasteiger partial charge on any atom is 0.270 e. The minimum atomic E-state index is -0.0119. The number of Topliss-reactive ketones (excluding diaryl/α,β-unsaturated/α-hetero) is 1. The standard InChI is InChI=1S/C14H21N3O2/c1-8-7-15-5-6-17(8)14(19)13-9(2)12(11(4)18)10(3)16-13/h8,15-16H,5-7H2,1-4H3/t8-/m1/s1. The van der Waals surface area contributed by atoms with Crippen molar-refractivity contribution >= 4 is 11.7 Å². The molecular formula is C14H21N3O2. The first-order valence-corrected chi connectivity index (χ1v) is 6.65. The highest BCUT2D eigenvalue weighted by Gasteiger charge is 2.28. The molecule has 1 saturated heterocycles. The molecule has 1 amide bonds. The second-order valence-corrected chi connectivity index (χ2v) is 5.23. The van der Waals surface area contributed by atoms with E-state index < -0.39 is 0 Å². The molecule has 1 fully saturated rings. The largest absolute Gasteiger partial charge is 0.354 e. The van der Waals surface area contributed by atoms with Gasteiger partial charge in [-0.1, -0.05) is 0 Å². The number of nitrogens with zero attached hydrogens (tertiary/aromatic N) is 1. The molecule has 104 valence electrons. The Kier molecular flexibility index (Phi) is 3.75. The van der Waals surface area contributed by atoms with Crippen molar-refractivity contribution in [1.82, 2.24) is 15.2 Å². The predicted octanol–water partition coefficient (Wildman–Crippen LogP) is 1.27. The van der Waals surface area contributed by atoms with Gasteiger partial charge in [0.2, 0.25) is 0 Å². The molecule has 2 rings (SSSR count). The van der Waals surface area contributed by atoms with E-state index in [9.17, 15) is 9.59 Å². The summed E-state index contributed by atoms with van der Waals surface area (Å²) in [7, 11) is 0. The van der Waals surface area contributed by atoms with Crippen LogP contribution in [0.3, 0.4) is 0 Å². The first kappa shape index (κ1) is 13.8. The Balaban J connectivity index is 2.34. The Morgan fingerprint density at radius 1 is 1.32 bits per heavy atom. The summed E-state index contributed by atoms with van der Waals surface area (Å²) in [6.07, 6.45) is 0. The summed E-state index contributed by atoms with van der Waals surface area (Å²) in [5.41, 5.74) is 2.74. The highest BCUT2D eigenvalue weighted by Crippen LogP contribution is 2.21. The molecule has 1 aromatic heterocycles. The van der Waals surface area contributed by atoms with E-state index in [1.807, 2.05) is 25.7 Å². The van der Waals surface area contributed by atoms with E-state index in [0.29, 0.717) is 17.8 Å². The Morgan fingerprint density at radius 2 is 2.00 bits per heavy atom. The van der Waals surface area contributed by atoms with E-state index in [1.54, 1.807) is 0 Å². The number of ketones is 1. The predicted molar refractivity (Wildman–Crippen MR) is 73.6 cm³/mol. The van der Waals surface area contributed by atoms with E-state index in [2.05, 4.69) is 10.3 Å². The summed E-state index contributed by atoms with van der Waals surface area (Å²) in [5.74, 6) is -0.0132. The number of hydrogen-bond donors (Lipinski definition) is 2. The molecule has 0 aromatic carbocycles. The van der Waals surface area contributed by atoms with Gasteiger partial charge in [-0.05, 0) is 33.3 Å². The zero-order valence-corrected chi connectivity index (χ0v) is 12.0. The fraction of sp³-hybridized carbons (Fsp3) is 0.571. The third kappa shape index (κ3) is 2.42. The fourth-order valence-electron chi connectivity index (χ4n) is 2.78. The monoisotopic (exact) mass is 263 g/mol. The molecule has 0 radical (unpaired) electrons. The van der Waals surface area contributed by atoms with Gasteiger partial charge in [-0.2, -0.15) is 0 Å². The smallest absolute Gasteiger partial charge is 0.270 e. The van der Waals surface area contributed by atoms with Crippen LogP contribution in [0.2, 0.25) is 0 Å². The molecule has 0 aliphatic carbocycles. The van der Waals surface area contributed by atoms with Crippen molar-refractivity contribution in [3.8, 4) is 0 Å². The molecule has 5 heteroatoms. The lowest BCUT2D eigenvalue weighted by molar-refractivity contribution is 0.0649. The molecule has 1 aliphatic rings. The maximum atomic E-state index is 12.6. The van der Waals surface area contributed by atoms with E-state index in [4.69, 9.17) is 0 Å². The van der Waals surface area contributed by atoms with E-state index in [0.717, 1.165) is 24.3 Å². The topological polar surface area (TPSA) is 65.2 Å². The van der Waals surface area contributed by atoms with Crippen molar-refractivity contribution in [2.24, 2.45) is 0 Å². The van der Waals surface area contributed by atoms with Crippen LogP contribution in [-0.4, -0.2) is 47.3 Å². The SMILES string of the molecule is CC(=O)c1c(C)[nH]c(C(=O)N2CCNC[C@H]2C)c1C. The number of carbonyl (C=O) groups is 2. The maximum absolute atomic E-state index is 12.6. The van der Waals surface area contributed by atoms with Crippen LogP contribution in [0.4, 0.5) is 0 Å². The summed E-state index contributed by atoms with van der Waals surface area (Å²) in [5, 5.41) is 3.26. The summed E-state index contributed by atoms with van der Waals surface area (Å²) >= 11 is 0. The van der Waals surface area contributed by atoms with Crippen LogP contribution in [0.5, 0.6) is 0 Å². The minimum absolute atomic E-state index is 0.00124. The van der Waals surface area contributed by atoms with Crippen molar-refractivity contribution in [3.05, 3.63) is 22.5 Å². The molecule has 2 N–H and O–H groups in total. The molecule has 1 atom stereocenters. The van der Waals surface area contributed by atoms with E-state index in [-0.39, 0.29) is 17.7 Å². The Labute approximate surface area is 113 Å². The number of aromatic nitrogens is 1. The lowest BCUT2D eigenvalue weighted by atomic mass is 10.1. The molecule has 19 heavy (non-hydrogen) atoms. The van der Waals surface area contributed by atoms with Crippen molar-refractivity contribution in [2.45, 2.75) is 33.7 Å². The summed E-state index contributed by atoms with van der Waals surface area (Å²) in [4.78, 5) is 29.1. The van der Waals surface area contributed by atoms with Crippen molar-refractivity contribution in [1.29, 1.82) is 0 Å². The van der Waals surface area contributed by atoms with Gasteiger partial charge in [0, 0.05) is 36.9 Å². The van der Waals surface area contributed by atoms with Gasteiger partial charge in [0.15, 0.2) is 5.78 Å². The second kappa shape index (κ2) is 5.17. The molecule has 1 aliphatic heterocycles. The van der Waals surface area contributed by atoms with Gasteiger partial charge < -0.3 is 15.2 Å². The summed E-state index contributed by atoms with van der Waals surface area (Å²) in [6, 6.07) is 0.171. The highest BCUT2D eigenvalue weighted by molar-refractivity contribution is 6.02. The number of amides is 1. The molecule has 0 unspecified atom stereocenters. The zero-order chi connectivity index (χ0) is 14.2. The zero-order valence-electron chi connectivity index (χ0n) is 12.0. The Hall–Kier alpha value is -1.62. The van der Waals surface area contributed by atoms with Crippen LogP contribution in [0.25, 0.3) is 0 Å². The van der Waals surface area contributed by atoms with Crippen LogP contribution >= 0.6 is 0 Å². The molecule has 0 bridgehead atoms. The first-order valence-electron chi connectivity index (χ1n) is 6.65. The van der Waals surface area contributed by atoms with Crippen molar-refractivity contribution in [3.63, 3.8) is 0 Å². The number of nitrogens with one attached hydrogen (secondary N) is 2. The Morgan fingerprint density at radius 3 is 2.53 bits per heavy atom. The number of H-pyrrole nitrogens is 1. The summed E-state index contributed by atoms with van der Waals surface area (Å²) < 4.78 is 0. The Bertz CT molecular complexity index is 519. The van der Waals surface area contributed by atoms with Crippen LogP contribution < -0.4 is 5.32 Å². The normalized spacial score (nSPS) is 19.6. The average molecular weight is 263 g/mol. The third-order valence-electron chi connectivity index (χ3n) is 3.77. The van der Waals surface area contributed by atoms with E-state index >= 15 is 0 Å².